The predicted octanol–water partition coefficient (Wildman–Crippen LogP) is 3.27. The molecule has 108 valence electrons. The largest absolute Gasteiger partial charge is 0.497 e. The summed E-state index contributed by atoms with van der Waals surface area (Å²) in [6.07, 6.45) is 0. The number of hydrogen-bond acceptors (Lipinski definition) is 3. The molecule has 2 aromatic carbocycles. The van der Waals surface area contributed by atoms with Crippen molar-refractivity contribution in [2.24, 2.45) is 0 Å². The molecule has 0 unspecified atom stereocenters. The van der Waals surface area contributed by atoms with Gasteiger partial charge in [-0.2, -0.15) is 0 Å². The fourth-order valence-electron chi connectivity index (χ4n) is 2.42. The van der Waals surface area contributed by atoms with E-state index in [4.69, 9.17) is 9.15 Å². The summed E-state index contributed by atoms with van der Waals surface area (Å²) in [5, 5.41) is 0. The molecule has 0 bridgehead atoms. The highest BCUT2D eigenvalue weighted by Gasteiger charge is 2.11. The fourth-order valence-corrected chi connectivity index (χ4v) is 2.42. The van der Waals surface area contributed by atoms with Crippen LogP contribution in [0.5, 0.6) is 5.75 Å². The molecule has 3 rings (SSSR count). The van der Waals surface area contributed by atoms with Crippen LogP contribution in [0.4, 0.5) is 0 Å². The van der Waals surface area contributed by atoms with Gasteiger partial charge in [0.1, 0.15) is 5.75 Å². The van der Waals surface area contributed by atoms with Gasteiger partial charge in [0, 0.05) is 0 Å². The zero-order valence-electron chi connectivity index (χ0n) is 12.3. The first-order valence-electron chi connectivity index (χ1n) is 6.82. The van der Waals surface area contributed by atoms with Crippen LogP contribution < -0.4 is 10.5 Å². The second kappa shape index (κ2) is 5.13. The van der Waals surface area contributed by atoms with Crippen molar-refractivity contribution in [1.82, 2.24) is 4.57 Å². The lowest BCUT2D eigenvalue weighted by atomic mass is 10.1. The topological polar surface area (TPSA) is 44.4 Å². The van der Waals surface area contributed by atoms with Gasteiger partial charge in [-0.25, -0.2) is 4.79 Å². The summed E-state index contributed by atoms with van der Waals surface area (Å²) in [7, 11) is 1.63. The highest BCUT2D eigenvalue weighted by molar-refractivity contribution is 5.75. The number of ether oxygens (including phenoxy) is 1. The van der Waals surface area contributed by atoms with Crippen molar-refractivity contribution in [2.75, 3.05) is 7.11 Å². The minimum absolute atomic E-state index is 0.335. The van der Waals surface area contributed by atoms with Crippen LogP contribution in [0.3, 0.4) is 0 Å². The Morgan fingerprint density at radius 1 is 1.14 bits per heavy atom. The molecule has 0 aliphatic carbocycles. The molecule has 4 nitrogen and oxygen atoms in total. The molecule has 0 radical (unpaired) electrons. The zero-order chi connectivity index (χ0) is 15.0. The Kier molecular flexibility index (Phi) is 3.29. The van der Waals surface area contributed by atoms with Crippen LogP contribution in [-0.2, 0) is 6.54 Å². The number of nitrogens with zero attached hydrogens (tertiary/aromatic N) is 1. The lowest BCUT2D eigenvalue weighted by Gasteiger charge is -2.06. The molecule has 0 atom stereocenters. The van der Waals surface area contributed by atoms with Gasteiger partial charge in [0.25, 0.3) is 0 Å². The van der Waals surface area contributed by atoms with Crippen molar-refractivity contribution < 1.29 is 9.15 Å². The number of rotatable bonds is 3. The molecular weight excluding hydrogens is 266 g/mol. The maximum Gasteiger partial charge on any atom is 0.420 e. The van der Waals surface area contributed by atoms with Gasteiger partial charge in [-0.1, -0.05) is 12.1 Å². The molecule has 0 amide bonds. The van der Waals surface area contributed by atoms with E-state index in [1.54, 1.807) is 11.7 Å². The molecule has 0 saturated heterocycles. The molecule has 3 aromatic rings. The van der Waals surface area contributed by atoms with Crippen LogP contribution in [0.1, 0.15) is 16.7 Å². The molecule has 0 fully saturated rings. The molecule has 0 N–H and O–H groups in total. The minimum Gasteiger partial charge on any atom is -0.497 e. The van der Waals surface area contributed by atoms with Crippen LogP contribution >= 0.6 is 0 Å². The Hall–Kier alpha value is -2.49. The van der Waals surface area contributed by atoms with Gasteiger partial charge >= 0.3 is 5.76 Å². The summed E-state index contributed by atoms with van der Waals surface area (Å²) < 4.78 is 12.2. The summed E-state index contributed by atoms with van der Waals surface area (Å²) in [5.74, 6) is 0.443. The van der Waals surface area contributed by atoms with E-state index >= 15 is 0 Å². The quantitative estimate of drug-likeness (QED) is 0.741. The molecule has 4 heteroatoms. The third-order valence-electron chi connectivity index (χ3n) is 3.76. The van der Waals surface area contributed by atoms with E-state index in [2.05, 4.69) is 0 Å². The third-order valence-corrected chi connectivity index (χ3v) is 3.76. The van der Waals surface area contributed by atoms with Crippen molar-refractivity contribution in [3.63, 3.8) is 0 Å². The predicted molar refractivity (Wildman–Crippen MR) is 82.0 cm³/mol. The van der Waals surface area contributed by atoms with Crippen molar-refractivity contribution in [3.8, 4) is 5.75 Å². The van der Waals surface area contributed by atoms with E-state index in [1.807, 2.05) is 50.2 Å². The van der Waals surface area contributed by atoms with Crippen molar-refractivity contribution in [1.29, 1.82) is 0 Å². The van der Waals surface area contributed by atoms with Gasteiger partial charge < -0.3 is 9.15 Å². The third kappa shape index (κ3) is 2.44. The van der Waals surface area contributed by atoms with E-state index < -0.39 is 0 Å². The SMILES string of the molecule is COc1cccc(Cn2c(=O)oc3cc(C)c(C)cc32)c1. The minimum atomic E-state index is -0.335. The van der Waals surface area contributed by atoms with E-state index in [0.717, 1.165) is 28.0 Å². The molecule has 21 heavy (non-hydrogen) atoms. The van der Waals surface area contributed by atoms with Crippen LogP contribution in [0.15, 0.2) is 45.6 Å². The van der Waals surface area contributed by atoms with Crippen molar-refractivity contribution in [3.05, 3.63) is 63.6 Å². The monoisotopic (exact) mass is 283 g/mol. The maximum atomic E-state index is 12.1. The first-order valence-corrected chi connectivity index (χ1v) is 6.82. The van der Waals surface area contributed by atoms with E-state index in [1.165, 1.54) is 0 Å². The molecule has 0 aliphatic heterocycles. The number of methoxy groups -OCH3 is 1. The fraction of sp³-hybridized carbons (Fsp3) is 0.235. The molecule has 1 aromatic heterocycles. The Morgan fingerprint density at radius 2 is 1.90 bits per heavy atom. The highest BCUT2D eigenvalue weighted by atomic mass is 16.5. The average Bonchev–Trinajstić information content (AvgIpc) is 2.76. The Morgan fingerprint density at radius 3 is 2.67 bits per heavy atom. The number of hydrogen-bond donors (Lipinski definition) is 0. The van der Waals surface area contributed by atoms with Gasteiger partial charge in [-0.15, -0.1) is 0 Å². The molecule has 0 spiro atoms. The summed E-state index contributed by atoms with van der Waals surface area (Å²) in [4.78, 5) is 12.1. The highest BCUT2D eigenvalue weighted by Crippen LogP contribution is 2.20. The van der Waals surface area contributed by atoms with Crippen LogP contribution in [0.25, 0.3) is 11.1 Å². The maximum absolute atomic E-state index is 12.1. The summed E-state index contributed by atoms with van der Waals surface area (Å²) in [6.45, 7) is 4.50. The van der Waals surface area contributed by atoms with Gasteiger partial charge in [-0.3, -0.25) is 4.57 Å². The first kappa shape index (κ1) is 13.5. The number of oxazole rings is 1. The summed E-state index contributed by atoms with van der Waals surface area (Å²) in [5.41, 5.74) is 4.71. The Balaban J connectivity index is 2.09. The Bertz CT molecular complexity index is 858. The van der Waals surface area contributed by atoms with E-state index in [9.17, 15) is 4.79 Å². The number of benzene rings is 2. The second-order valence-electron chi connectivity index (χ2n) is 5.21. The van der Waals surface area contributed by atoms with Crippen molar-refractivity contribution >= 4 is 11.1 Å². The molecule has 1 heterocycles. The normalized spacial score (nSPS) is 11.0. The number of fused-ring (bicyclic) bond motifs is 1. The van der Waals surface area contributed by atoms with E-state index in [0.29, 0.717) is 12.1 Å². The van der Waals surface area contributed by atoms with Gasteiger partial charge in [0.2, 0.25) is 0 Å². The molecular formula is C17H17NO3. The Labute approximate surface area is 122 Å². The lowest BCUT2D eigenvalue weighted by Crippen LogP contribution is -2.14. The smallest absolute Gasteiger partial charge is 0.420 e. The lowest BCUT2D eigenvalue weighted by molar-refractivity contribution is 0.414. The van der Waals surface area contributed by atoms with Gasteiger partial charge in [-0.05, 0) is 54.8 Å². The first-order chi connectivity index (χ1) is 10.1. The summed E-state index contributed by atoms with van der Waals surface area (Å²) in [6, 6.07) is 11.6. The standard InChI is InChI=1S/C17H17NO3/c1-11-7-15-16(8-12(11)2)21-17(19)18(15)10-13-5-4-6-14(9-13)20-3/h4-9H,10H2,1-3H3. The van der Waals surface area contributed by atoms with Crippen LogP contribution in [0.2, 0.25) is 0 Å². The zero-order valence-corrected chi connectivity index (χ0v) is 12.3. The molecule has 0 saturated carbocycles. The second-order valence-corrected chi connectivity index (χ2v) is 5.21. The number of aromatic nitrogens is 1. The van der Waals surface area contributed by atoms with Crippen molar-refractivity contribution in [2.45, 2.75) is 20.4 Å². The van der Waals surface area contributed by atoms with Gasteiger partial charge in [0.05, 0.1) is 19.2 Å². The average molecular weight is 283 g/mol. The molecule has 0 aliphatic rings. The van der Waals surface area contributed by atoms with Gasteiger partial charge in [0.15, 0.2) is 5.58 Å². The van der Waals surface area contributed by atoms with Crippen LogP contribution in [-0.4, -0.2) is 11.7 Å². The van der Waals surface area contributed by atoms with Crippen LogP contribution in [0, 0.1) is 13.8 Å². The number of aryl methyl sites for hydroxylation is 2. The summed E-state index contributed by atoms with van der Waals surface area (Å²) >= 11 is 0. The van der Waals surface area contributed by atoms with E-state index in [-0.39, 0.29) is 5.76 Å².